The van der Waals surface area contributed by atoms with Crippen LogP contribution in [0.1, 0.15) is 11.1 Å². The van der Waals surface area contributed by atoms with E-state index in [1.807, 2.05) is 0 Å². The van der Waals surface area contributed by atoms with Crippen molar-refractivity contribution in [2.45, 2.75) is 6.42 Å². The number of aromatic nitrogens is 1. The molecule has 6 aromatic carbocycles. The Labute approximate surface area is 234 Å². The molecule has 1 heterocycles. The van der Waals surface area contributed by atoms with Crippen molar-refractivity contribution in [2.24, 2.45) is 7.05 Å². The summed E-state index contributed by atoms with van der Waals surface area (Å²) < 4.78 is 2.31. The fourth-order valence-electron chi connectivity index (χ4n) is 6.45. The molecule has 40 heavy (non-hydrogen) atoms. The third-order valence-corrected chi connectivity index (χ3v) is 8.40. The second-order valence-electron chi connectivity index (χ2n) is 10.7. The van der Waals surface area contributed by atoms with E-state index in [1.165, 1.54) is 55.2 Å². The highest BCUT2D eigenvalue weighted by molar-refractivity contribution is 6.10. The molecule has 0 N–H and O–H groups in total. The molecule has 8 rings (SSSR count). The summed E-state index contributed by atoms with van der Waals surface area (Å²) in [7, 11) is 2.17. The lowest BCUT2D eigenvalue weighted by Gasteiger charge is -2.25. The molecule has 7 aromatic rings. The van der Waals surface area contributed by atoms with Crippen LogP contribution >= 0.6 is 0 Å². The Morgan fingerprint density at radius 3 is 1.80 bits per heavy atom. The largest absolute Gasteiger partial charge is 0.344 e. The van der Waals surface area contributed by atoms with Crippen LogP contribution < -0.4 is 4.90 Å². The van der Waals surface area contributed by atoms with Gasteiger partial charge in [-0.2, -0.15) is 0 Å². The minimum absolute atomic E-state index is 1.01. The van der Waals surface area contributed by atoms with Crippen molar-refractivity contribution in [1.82, 2.24) is 4.57 Å². The Hall–Kier alpha value is -5.08. The molecule has 1 aromatic heterocycles. The van der Waals surface area contributed by atoms with Gasteiger partial charge in [-0.3, -0.25) is 0 Å². The molecule has 1 aliphatic rings. The van der Waals surface area contributed by atoms with Gasteiger partial charge in [-0.05, 0) is 94.4 Å². The van der Waals surface area contributed by atoms with Gasteiger partial charge in [0.2, 0.25) is 0 Å². The summed E-state index contributed by atoms with van der Waals surface area (Å²) in [5.41, 5.74) is 14.0. The highest BCUT2D eigenvalue weighted by Crippen LogP contribution is 2.41. The molecule has 0 spiro atoms. The summed E-state index contributed by atoms with van der Waals surface area (Å²) >= 11 is 0. The maximum atomic E-state index is 2.39. The molecule has 0 saturated carbocycles. The van der Waals surface area contributed by atoms with Gasteiger partial charge in [0.1, 0.15) is 0 Å². The Kier molecular flexibility index (Phi) is 5.14. The smallest absolute Gasteiger partial charge is 0.0490 e. The topological polar surface area (TPSA) is 8.17 Å². The van der Waals surface area contributed by atoms with Crippen LogP contribution in [0.25, 0.3) is 44.1 Å². The molecule has 2 heteroatoms. The zero-order chi connectivity index (χ0) is 26.6. The molecule has 0 aliphatic heterocycles. The molecule has 0 fully saturated rings. The van der Waals surface area contributed by atoms with Crippen LogP contribution in [0.5, 0.6) is 0 Å². The van der Waals surface area contributed by atoms with Crippen LogP contribution in [0.2, 0.25) is 0 Å². The molecule has 0 bridgehead atoms. The van der Waals surface area contributed by atoms with Crippen LogP contribution in [0, 0.1) is 0 Å². The fraction of sp³-hybridized carbons (Fsp3) is 0.0526. The molecular weight excluding hydrogens is 484 g/mol. The normalized spacial score (nSPS) is 12.0. The molecule has 1 aliphatic carbocycles. The monoisotopic (exact) mass is 512 g/mol. The minimum Gasteiger partial charge on any atom is -0.344 e. The fourth-order valence-corrected chi connectivity index (χ4v) is 6.45. The quantitative estimate of drug-likeness (QED) is 0.228. The Bertz CT molecular complexity index is 1990. The first kappa shape index (κ1) is 22.9. The number of aryl methyl sites for hydroxylation is 1. The van der Waals surface area contributed by atoms with E-state index in [4.69, 9.17) is 0 Å². The van der Waals surface area contributed by atoms with Crippen LogP contribution in [0.4, 0.5) is 17.1 Å². The molecule has 0 radical (unpaired) electrons. The van der Waals surface area contributed by atoms with Gasteiger partial charge in [0.15, 0.2) is 0 Å². The zero-order valence-electron chi connectivity index (χ0n) is 22.4. The van der Waals surface area contributed by atoms with E-state index in [9.17, 15) is 0 Å². The lowest BCUT2D eigenvalue weighted by molar-refractivity contribution is 1.01. The predicted octanol–water partition coefficient (Wildman–Crippen LogP) is 10.0. The number of fused-ring (bicyclic) bond motifs is 6. The third-order valence-electron chi connectivity index (χ3n) is 8.40. The summed E-state index contributed by atoms with van der Waals surface area (Å²) in [6.07, 6.45) is 1.01. The zero-order valence-corrected chi connectivity index (χ0v) is 22.4. The maximum absolute atomic E-state index is 2.39. The van der Waals surface area contributed by atoms with Crippen LogP contribution in [-0.4, -0.2) is 4.57 Å². The molecule has 2 nitrogen and oxygen atoms in total. The summed E-state index contributed by atoms with van der Waals surface area (Å²) in [5.74, 6) is 0. The highest BCUT2D eigenvalue weighted by atomic mass is 15.1. The SMILES string of the molecule is Cn1c2ccc(-c3ccc4c(c3)Cc3ccccc3-4)cc2c2cc(N(c3ccccc3)c3ccccc3)ccc21. The number of para-hydroxylation sites is 2. The summed E-state index contributed by atoms with van der Waals surface area (Å²) in [4.78, 5) is 2.33. The number of nitrogens with zero attached hydrogens (tertiary/aromatic N) is 2. The molecule has 0 unspecified atom stereocenters. The molecule has 190 valence electrons. The van der Waals surface area contributed by atoms with Gasteiger partial charge in [0.05, 0.1) is 0 Å². The minimum atomic E-state index is 1.01. The van der Waals surface area contributed by atoms with Gasteiger partial charge < -0.3 is 9.47 Å². The van der Waals surface area contributed by atoms with Gasteiger partial charge in [-0.15, -0.1) is 0 Å². The number of hydrogen-bond acceptors (Lipinski definition) is 1. The summed E-state index contributed by atoms with van der Waals surface area (Å²) in [6, 6.07) is 50.7. The van der Waals surface area contributed by atoms with Crippen molar-refractivity contribution in [1.29, 1.82) is 0 Å². The number of rotatable bonds is 4. The average molecular weight is 513 g/mol. The lowest BCUT2D eigenvalue weighted by atomic mass is 9.98. The number of hydrogen-bond donors (Lipinski definition) is 0. The van der Waals surface area contributed by atoms with Crippen LogP contribution in [-0.2, 0) is 13.5 Å². The first-order valence-electron chi connectivity index (χ1n) is 13.9. The van der Waals surface area contributed by atoms with E-state index >= 15 is 0 Å². The van der Waals surface area contributed by atoms with Gasteiger partial charge in [0, 0.05) is 45.9 Å². The van der Waals surface area contributed by atoms with Gasteiger partial charge in [-0.25, -0.2) is 0 Å². The van der Waals surface area contributed by atoms with Gasteiger partial charge >= 0.3 is 0 Å². The third kappa shape index (κ3) is 3.57. The first-order chi connectivity index (χ1) is 19.7. The molecule has 0 atom stereocenters. The van der Waals surface area contributed by atoms with E-state index in [-0.39, 0.29) is 0 Å². The Balaban J connectivity index is 1.27. The van der Waals surface area contributed by atoms with E-state index in [0.29, 0.717) is 0 Å². The van der Waals surface area contributed by atoms with E-state index in [2.05, 4.69) is 156 Å². The van der Waals surface area contributed by atoms with Crippen molar-refractivity contribution >= 4 is 38.9 Å². The standard InChI is InChI=1S/C38H28N2/c1-39-37-20-17-27(26-16-19-34-29(22-26)23-28-10-8-9-15-33(28)34)24-35(37)36-25-32(18-21-38(36)39)40(30-11-4-2-5-12-30)31-13-6-3-7-14-31/h2-22,24-25H,23H2,1H3. The summed E-state index contributed by atoms with van der Waals surface area (Å²) in [6.45, 7) is 0. The Morgan fingerprint density at radius 1 is 0.475 bits per heavy atom. The van der Waals surface area contributed by atoms with Crippen molar-refractivity contribution in [3.63, 3.8) is 0 Å². The van der Waals surface area contributed by atoms with Crippen LogP contribution in [0.3, 0.4) is 0 Å². The van der Waals surface area contributed by atoms with E-state index in [1.54, 1.807) is 0 Å². The van der Waals surface area contributed by atoms with Crippen molar-refractivity contribution < 1.29 is 0 Å². The number of benzene rings is 6. The molecule has 0 amide bonds. The number of anilines is 3. The van der Waals surface area contributed by atoms with Crippen LogP contribution in [0.15, 0.2) is 140 Å². The van der Waals surface area contributed by atoms with Crippen molar-refractivity contribution in [3.8, 4) is 22.3 Å². The van der Waals surface area contributed by atoms with Crippen molar-refractivity contribution in [3.05, 3.63) is 151 Å². The van der Waals surface area contributed by atoms with Crippen molar-refractivity contribution in [2.75, 3.05) is 4.90 Å². The average Bonchev–Trinajstić information content (AvgIpc) is 3.52. The second-order valence-corrected chi connectivity index (χ2v) is 10.7. The molecule has 0 saturated heterocycles. The highest BCUT2D eigenvalue weighted by Gasteiger charge is 2.19. The predicted molar refractivity (Wildman–Crippen MR) is 169 cm³/mol. The molecular formula is C38H28N2. The Morgan fingerprint density at radius 2 is 1.05 bits per heavy atom. The first-order valence-corrected chi connectivity index (χ1v) is 13.9. The van der Waals surface area contributed by atoms with E-state index in [0.717, 1.165) is 23.5 Å². The summed E-state index contributed by atoms with van der Waals surface area (Å²) in [5, 5.41) is 2.55. The maximum Gasteiger partial charge on any atom is 0.0490 e. The van der Waals surface area contributed by atoms with E-state index < -0.39 is 0 Å². The second kappa shape index (κ2) is 9.00. The lowest BCUT2D eigenvalue weighted by Crippen LogP contribution is -2.09. The van der Waals surface area contributed by atoms with Gasteiger partial charge in [-0.1, -0.05) is 84.9 Å². The van der Waals surface area contributed by atoms with Gasteiger partial charge in [0.25, 0.3) is 0 Å².